The van der Waals surface area contributed by atoms with Gasteiger partial charge in [0.15, 0.2) is 0 Å². The van der Waals surface area contributed by atoms with Gasteiger partial charge in [0.25, 0.3) is 0 Å². The zero-order valence-corrected chi connectivity index (χ0v) is 12.0. The summed E-state index contributed by atoms with van der Waals surface area (Å²) in [5.74, 6) is 0.107. The lowest BCUT2D eigenvalue weighted by Crippen LogP contribution is -1.99. The zero-order chi connectivity index (χ0) is 13.8. The van der Waals surface area contributed by atoms with Crippen molar-refractivity contribution in [1.29, 1.82) is 0 Å². The van der Waals surface area contributed by atoms with E-state index in [1.165, 1.54) is 6.20 Å². The number of carboxylic acids is 1. The van der Waals surface area contributed by atoms with Crippen LogP contribution in [0.5, 0.6) is 11.6 Å². The first-order valence-electron chi connectivity index (χ1n) is 5.34. The van der Waals surface area contributed by atoms with Crippen LogP contribution in [0.4, 0.5) is 0 Å². The number of carboxylic acid groups (broad SMARTS) is 1. The molecule has 0 saturated heterocycles. The summed E-state index contributed by atoms with van der Waals surface area (Å²) in [4.78, 5) is 14.6. The van der Waals surface area contributed by atoms with Gasteiger partial charge < -0.3 is 9.84 Å². The van der Waals surface area contributed by atoms with E-state index in [2.05, 4.69) is 20.9 Å². The van der Waals surface area contributed by atoms with E-state index in [0.29, 0.717) is 26.7 Å². The average Bonchev–Trinajstić information content (AvgIpc) is 2.34. The molecule has 0 bridgehead atoms. The van der Waals surface area contributed by atoms with E-state index in [9.17, 15) is 4.79 Å². The molecule has 2 aromatic rings. The molecule has 0 atom stereocenters. The van der Waals surface area contributed by atoms with Gasteiger partial charge in [0.05, 0.1) is 15.9 Å². The van der Waals surface area contributed by atoms with Crippen molar-refractivity contribution in [3.05, 3.63) is 51.6 Å². The van der Waals surface area contributed by atoms with Crippen molar-refractivity contribution >= 4 is 33.5 Å². The highest BCUT2D eigenvalue weighted by Gasteiger charge is 2.06. The number of benzene rings is 1. The van der Waals surface area contributed by atoms with Crippen LogP contribution < -0.4 is 4.74 Å². The molecule has 0 aliphatic carbocycles. The van der Waals surface area contributed by atoms with Gasteiger partial charge in [-0.05, 0) is 39.7 Å². The third-order valence-corrected chi connectivity index (χ3v) is 3.04. The van der Waals surface area contributed by atoms with Crippen LogP contribution in [-0.2, 0) is 11.2 Å². The molecule has 1 N–H and O–H groups in total. The maximum absolute atomic E-state index is 10.6. The summed E-state index contributed by atoms with van der Waals surface area (Å²) in [6, 6.07) is 8.48. The van der Waals surface area contributed by atoms with Gasteiger partial charge in [-0.3, -0.25) is 4.79 Å². The Kier molecular flexibility index (Phi) is 4.39. The highest BCUT2D eigenvalue weighted by atomic mass is 79.9. The summed E-state index contributed by atoms with van der Waals surface area (Å²) in [6.45, 7) is 0. The van der Waals surface area contributed by atoms with Crippen LogP contribution in [0.25, 0.3) is 0 Å². The average molecular weight is 343 g/mol. The molecule has 1 heterocycles. The summed E-state index contributed by atoms with van der Waals surface area (Å²) in [6.07, 6.45) is 1.48. The van der Waals surface area contributed by atoms with E-state index in [1.54, 1.807) is 30.3 Å². The molecule has 98 valence electrons. The van der Waals surface area contributed by atoms with Crippen LogP contribution in [0, 0.1) is 0 Å². The van der Waals surface area contributed by atoms with Gasteiger partial charge in [0, 0.05) is 6.20 Å². The Balaban J connectivity index is 2.13. The maximum atomic E-state index is 10.6. The fourth-order valence-electron chi connectivity index (χ4n) is 1.44. The van der Waals surface area contributed by atoms with Gasteiger partial charge >= 0.3 is 5.97 Å². The number of hydrogen-bond donors (Lipinski definition) is 1. The monoisotopic (exact) mass is 341 g/mol. The molecule has 19 heavy (non-hydrogen) atoms. The van der Waals surface area contributed by atoms with Gasteiger partial charge in [-0.2, -0.15) is 0 Å². The van der Waals surface area contributed by atoms with Crippen molar-refractivity contribution < 1.29 is 14.6 Å². The van der Waals surface area contributed by atoms with Gasteiger partial charge in [0.2, 0.25) is 5.88 Å². The second kappa shape index (κ2) is 6.04. The molecule has 4 nitrogen and oxygen atoms in total. The fourth-order valence-corrected chi connectivity index (χ4v) is 2.16. The van der Waals surface area contributed by atoms with Crippen LogP contribution >= 0.6 is 27.5 Å². The van der Waals surface area contributed by atoms with E-state index in [1.807, 2.05) is 0 Å². The molecule has 0 amide bonds. The molecule has 0 spiro atoms. The first-order valence-corrected chi connectivity index (χ1v) is 6.51. The highest BCUT2D eigenvalue weighted by molar-refractivity contribution is 9.10. The molecule has 6 heteroatoms. The minimum Gasteiger partial charge on any atom is -0.481 e. The lowest BCUT2D eigenvalue weighted by atomic mass is 10.1. The molecule has 1 aromatic carbocycles. The van der Waals surface area contributed by atoms with E-state index in [0.717, 1.165) is 0 Å². The molecule has 0 fully saturated rings. The van der Waals surface area contributed by atoms with Crippen LogP contribution in [0.1, 0.15) is 5.56 Å². The second-order valence-corrected chi connectivity index (χ2v) is 5.05. The molecule has 0 unspecified atom stereocenters. The molecule has 0 saturated carbocycles. The number of ether oxygens (including phenoxy) is 1. The van der Waals surface area contributed by atoms with Crippen LogP contribution in [-0.4, -0.2) is 16.1 Å². The predicted octanol–water partition coefficient (Wildman–Crippen LogP) is 3.92. The Morgan fingerprint density at radius 3 is 2.63 bits per heavy atom. The molecule has 2 rings (SSSR count). The van der Waals surface area contributed by atoms with E-state index in [-0.39, 0.29) is 6.42 Å². The first-order chi connectivity index (χ1) is 9.04. The lowest BCUT2D eigenvalue weighted by molar-refractivity contribution is -0.136. The smallest absolute Gasteiger partial charge is 0.307 e. The summed E-state index contributed by atoms with van der Waals surface area (Å²) >= 11 is 9.09. The Morgan fingerprint density at radius 1 is 1.37 bits per heavy atom. The van der Waals surface area contributed by atoms with Crippen LogP contribution in [0.3, 0.4) is 0 Å². The van der Waals surface area contributed by atoms with Crippen LogP contribution in [0.2, 0.25) is 5.02 Å². The van der Waals surface area contributed by atoms with Crippen molar-refractivity contribution in [1.82, 2.24) is 4.98 Å². The van der Waals surface area contributed by atoms with E-state index >= 15 is 0 Å². The van der Waals surface area contributed by atoms with Gasteiger partial charge in [-0.25, -0.2) is 4.98 Å². The summed E-state index contributed by atoms with van der Waals surface area (Å²) < 4.78 is 6.21. The van der Waals surface area contributed by atoms with Gasteiger partial charge in [-0.1, -0.05) is 23.7 Å². The SMILES string of the molecule is O=C(O)Cc1ccc(Oc2ncc(Cl)cc2Br)cc1. The largest absolute Gasteiger partial charge is 0.481 e. The zero-order valence-electron chi connectivity index (χ0n) is 9.64. The number of halogens is 2. The minimum absolute atomic E-state index is 0.0107. The number of pyridine rings is 1. The Hall–Kier alpha value is -1.59. The number of aliphatic carboxylic acids is 1. The Labute approximate surface area is 123 Å². The molecule has 0 radical (unpaired) electrons. The number of nitrogens with zero attached hydrogens (tertiary/aromatic N) is 1. The third-order valence-electron chi connectivity index (χ3n) is 2.27. The van der Waals surface area contributed by atoms with Crippen molar-refractivity contribution in [2.45, 2.75) is 6.42 Å². The van der Waals surface area contributed by atoms with Gasteiger partial charge in [0.1, 0.15) is 5.75 Å². The highest BCUT2D eigenvalue weighted by Crippen LogP contribution is 2.29. The molecule has 1 aromatic heterocycles. The van der Waals surface area contributed by atoms with Crippen molar-refractivity contribution in [3.8, 4) is 11.6 Å². The first kappa shape index (κ1) is 13.8. The third kappa shape index (κ3) is 3.94. The number of rotatable bonds is 4. The number of aromatic nitrogens is 1. The second-order valence-electron chi connectivity index (χ2n) is 3.76. The normalized spacial score (nSPS) is 10.2. The van der Waals surface area contributed by atoms with Crippen LogP contribution in [0.15, 0.2) is 41.0 Å². The minimum atomic E-state index is -0.865. The van der Waals surface area contributed by atoms with E-state index < -0.39 is 5.97 Å². The summed E-state index contributed by atoms with van der Waals surface area (Å²) in [5.41, 5.74) is 0.711. The maximum Gasteiger partial charge on any atom is 0.307 e. The van der Waals surface area contributed by atoms with E-state index in [4.69, 9.17) is 21.4 Å². The Morgan fingerprint density at radius 2 is 2.05 bits per heavy atom. The number of hydrogen-bond acceptors (Lipinski definition) is 3. The summed E-state index contributed by atoms with van der Waals surface area (Å²) in [5, 5.41) is 9.18. The fraction of sp³-hybridized carbons (Fsp3) is 0.0769. The quantitative estimate of drug-likeness (QED) is 0.915. The standard InChI is InChI=1S/C13H9BrClNO3/c14-11-6-9(15)7-16-13(11)19-10-3-1-8(2-4-10)5-12(17)18/h1-4,6-7H,5H2,(H,17,18). The molecule has 0 aliphatic rings. The van der Waals surface area contributed by atoms with Crippen molar-refractivity contribution in [2.75, 3.05) is 0 Å². The predicted molar refractivity (Wildman–Crippen MR) is 74.8 cm³/mol. The van der Waals surface area contributed by atoms with Gasteiger partial charge in [-0.15, -0.1) is 0 Å². The van der Waals surface area contributed by atoms with Crippen molar-refractivity contribution in [3.63, 3.8) is 0 Å². The topological polar surface area (TPSA) is 59.4 Å². The molecular weight excluding hydrogens is 334 g/mol. The van der Waals surface area contributed by atoms with Crippen molar-refractivity contribution in [2.24, 2.45) is 0 Å². The lowest BCUT2D eigenvalue weighted by Gasteiger charge is -2.07. The Bertz CT molecular complexity index is 601. The summed E-state index contributed by atoms with van der Waals surface area (Å²) in [7, 11) is 0. The molecular formula is C13H9BrClNO3. The number of carbonyl (C=O) groups is 1. The molecule has 0 aliphatic heterocycles.